The number of pyridine rings is 1. The van der Waals surface area contributed by atoms with Crippen molar-refractivity contribution in [1.82, 2.24) is 0 Å². The summed E-state index contributed by atoms with van der Waals surface area (Å²) in [5.74, 6) is -1.06. The molecule has 0 spiro atoms. The van der Waals surface area contributed by atoms with Crippen LogP contribution in [0.3, 0.4) is 0 Å². The highest BCUT2D eigenvalue weighted by molar-refractivity contribution is 5.85. The van der Waals surface area contributed by atoms with Gasteiger partial charge in [-0.15, -0.1) is 0 Å². The molecule has 0 aliphatic rings. The van der Waals surface area contributed by atoms with Crippen LogP contribution >= 0.6 is 0 Å². The van der Waals surface area contributed by atoms with Gasteiger partial charge in [-0.1, -0.05) is 37.6 Å². The van der Waals surface area contributed by atoms with Gasteiger partial charge in [0.2, 0.25) is 11.2 Å². The largest absolute Gasteiger partial charge is 0.550 e. The highest BCUT2D eigenvalue weighted by atomic mass is 16.4. The van der Waals surface area contributed by atoms with Gasteiger partial charge < -0.3 is 9.90 Å². The summed E-state index contributed by atoms with van der Waals surface area (Å²) in [5, 5.41) is 12.3. The Morgan fingerprint density at radius 2 is 1.79 bits per heavy atom. The molecule has 3 rings (SSSR count). The SMILES string of the molecule is CCCc1ccc(-c2[nH+]c3ccccc3c(C)c2CC(=O)[O-])cc1. The molecular formula is C21H21NO2. The molecule has 0 saturated carbocycles. The van der Waals surface area contributed by atoms with E-state index >= 15 is 0 Å². The summed E-state index contributed by atoms with van der Waals surface area (Å²) in [7, 11) is 0. The molecule has 1 N–H and O–H groups in total. The van der Waals surface area contributed by atoms with Gasteiger partial charge in [-0.25, -0.2) is 4.98 Å². The molecule has 3 heteroatoms. The summed E-state index contributed by atoms with van der Waals surface area (Å²) >= 11 is 0. The van der Waals surface area contributed by atoms with Crippen molar-refractivity contribution in [3.8, 4) is 11.3 Å². The Morgan fingerprint density at radius 3 is 2.46 bits per heavy atom. The maximum absolute atomic E-state index is 11.3. The molecule has 0 radical (unpaired) electrons. The summed E-state index contributed by atoms with van der Waals surface area (Å²) < 4.78 is 0. The first-order chi connectivity index (χ1) is 11.6. The second-order valence-electron chi connectivity index (χ2n) is 6.14. The van der Waals surface area contributed by atoms with Gasteiger partial charge in [0.05, 0.1) is 0 Å². The van der Waals surface area contributed by atoms with E-state index in [1.807, 2.05) is 31.2 Å². The third-order valence-electron chi connectivity index (χ3n) is 4.45. The molecule has 1 heterocycles. The minimum atomic E-state index is -1.06. The Morgan fingerprint density at radius 1 is 1.08 bits per heavy atom. The lowest BCUT2D eigenvalue weighted by Gasteiger charge is -2.11. The third-order valence-corrected chi connectivity index (χ3v) is 4.45. The van der Waals surface area contributed by atoms with Crippen molar-refractivity contribution >= 4 is 16.9 Å². The van der Waals surface area contributed by atoms with Gasteiger partial charge in [-0.3, -0.25) is 0 Å². The number of carboxylic acid groups (broad SMARTS) is 1. The lowest BCUT2D eigenvalue weighted by molar-refractivity contribution is -0.332. The second-order valence-corrected chi connectivity index (χ2v) is 6.14. The molecule has 3 nitrogen and oxygen atoms in total. The number of hydrogen-bond acceptors (Lipinski definition) is 2. The van der Waals surface area contributed by atoms with Crippen LogP contribution in [0.5, 0.6) is 0 Å². The highest BCUT2D eigenvalue weighted by Crippen LogP contribution is 2.27. The van der Waals surface area contributed by atoms with Crippen molar-refractivity contribution in [2.75, 3.05) is 0 Å². The first-order valence-corrected chi connectivity index (χ1v) is 8.32. The number of aromatic nitrogens is 1. The van der Waals surface area contributed by atoms with Gasteiger partial charge in [-0.05, 0) is 42.7 Å². The predicted molar refractivity (Wildman–Crippen MR) is 93.4 cm³/mol. The van der Waals surface area contributed by atoms with Crippen LogP contribution in [-0.4, -0.2) is 5.97 Å². The second kappa shape index (κ2) is 6.83. The molecule has 0 unspecified atom stereocenters. The molecule has 24 heavy (non-hydrogen) atoms. The van der Waals surface area contributed by atoms with Crippen LogP contribution in [-0.2, 0) is 17.6 Å². The summed E-state index contributed by atoms with van der Waals surface area (Å²) in [6.07, 6.45) is 2.06. The van der Waals surface area contributed by atoms with E-state index in [0.717, 1.165) is 46.1 Å². The van der Waals surface area contributed by atoms with Gasteiger partial charge in [0.25, 0.3) is 0 Å². The number of hydrogen-bond donors (Lipinski definition) is 0. The normalized spacial score (nSPS) is 10.9. The minimum Gasteiger partial charge on any atom is -0.550 e. The summed E-state index contributed by atoms with van der Waals surface area (Å²) in [6, 6.07) is 16.3. The third kappa shape index (κ3) is 3.16. The quantitative estimate of drug-likeness (QED) is 0.726. The minimum absolute atomic E-state index is 0.0980. The summed E-state index contributed by atoms with van der Waals surface area (Å²) in [6.45, 7) is 4.13. The molecule has 0 atom stereocenters. The number of rotatable bonds is 5. The first kappa shape index (κ1) is 16.2. The fraction of sp³-hybridized carbons (Fsp3) is 0.238. The molecule has 122 valence electrons. The Balaban J connectivity index is 2.19. The van der Waals surface area contributed by atoms with Crippen molar-refractivity contribution in [2.24, 2.45) is 0 Å². The maximum atomic E-state index is 11.3. The number of carbonyl (C=O) groups is 1. The zero-order chi connectivity index (χ0) is 17.1. The average molecular weight is 319 g/mol. The number of aromatic amines is 1. The van der Waals surface area contributed by atoms with Crippen LogP contribution in [0.4, 0.5) is 0 Å². The molecule has 0 aliphatic carbocycles. The van der Waals surface area contributed by atoms with Crippen LogP contribution in [0.25, 0.3) is 22.2 Å². The van der Waals surface area contributed by atoms with Crippen molar-refractivity contribution in [2.45, 2.75) is 33.1 Å². The van der Waals surface area contributed by atoms with E-state index < -0.39 is 5.97 Å². The Hall–Kier alpha value is -2.68. The Bertz CT molecular complexity index is 882. The van der Waals surface area contributed by atoms with E-state index in [1.54, 1.807) is 0 Å². The number of H-pyrrole nitrogens is 1. The van der Waals surface area contributed by atoms with Gasteiger partial charge in [-0.2, -0.15) is 0 Å². The number of carboxylic acids is 1. The van der Waals surface area contributed by atoms with Gasteiger partial charge in [0.15, 0.2) is 0 Å². The summed E-state index contributed by atoms with van der Waals surface area (Å²) in [4.78, 5) is 14.7. The molecule has 0 aliphatic heterocycles. The number of benzene rings is 2. The summed E-state index contributed by atoms with van der Waals surface area (Å²) in [5.41, 5.74) is 5.93. The van der Waals surface area contributed by atoms with Crippen LogP contribution in [0.1, 0.15) is 30.0 Å². The van der Waals surface area contributed by atoms with Gasteiger partial charge in [0, 0.05) is 35.0 Å². The Kier molecular flexibility index (Phi) is 4.61. The van der Waals surface area contributed by atoms with E-state index in [0.29, 0.717) is 0 Å². The van der Waals surface area contributed by atoms with Crippen molar-refractivity contribution < 1.29 is 14.9 Å². The maximum Gasteiger partial charge on any atom is 0.215 e. The lowest BCUT2D eigenvalue weighted by atomic mass is 9.95. The zero-order valence-electron chi connectivity index (χ0n) is 14.1. The average Bonchev–Trinajstić information content (AvgIpc) is 2.58. The molecule has 0 bridgehead atoms. The van der Waals surface area contributed by atoms with E-state index in [4.69, 9.17) is 0 Å². The number of fused-ring (bicyclic) bond motifs is 1. The molecule has 0 amide bonds. The molecule has 1 aromatic heterocycles. The molecule has 2 aromatic carbocycles. The smallest absolute Gasteiger partial charge is 0.215 e. The number of carbonyl (C=O) groups excluding carboxylic acids is 1. The van der Waals surface area contributed by atoms with Gasteiger partial charge in [0.1, 0.15) is 0 Å². The van der Waals surface area contributed by atoms with Crippen molar-refractivity contribution in [1.29, 1.82) is 0 Å². The molecule has 0 saturated heterocycles. The molecular weight excluding hydrogens is 298 g/mol. The van der Waals surface area contributed by atoms with Crippen LogP contribution in [0.2, 0.25) is 0 Å². The molecule has 3 aromatic rings. The highest BCUT2D eigenvalue weighted by Gasteiger charge is 2.19. The number of aryl methyl sites for hydroxylation is 2. The number of nitrogens with one attached hydrogen (secondary N) is 1. The standard InChI is InChI=1S/C21H21NO2/c1-3-6-15-9-11-16(12-10-15)21-18(13-20(23)24)14(2)17-7-4-5-8-19(17)22-21/h4-5,7-12H,3,6,13H2,1-2H3,(H,23,24). The lowest BCUT2D eigenvalue weighted by Crippen LogP contribution is -2.26. The fourth-order valence-corrected chi connectivity index (χ4v) is 3.22. The van der Waals surface area contributed by atoms with Crippen LogP contribution in [0, 0.1) is 6.92 Å². The van der Waals surface area contributed by atoms with Gasteiger partial charge >= 0.3 is 0 Å². The van der Waals surface area contributed by atoms with E-state index in [2.05, 4.69) is 36.2 Å². The monoisotopic (exact) mass is 319 g/mol. The molecule has 0 fully saturated rings. The van der Waals surface area contributed by atoms with E-state index in [-0.39, 0.29) is 6.42 Å². The van der Waals surface area contributed by atoms with E-state index in [9.17, 15) is 9.90 Å². The van der Waals surface area contributed by atoms with Crippen LogP contribution in [0.15, 0.2) is 48.5 Å². The first-order valence-electron chi connectivity index (χ1n) is 8.32. The number of aliphatic carboxylic acids is 1. The van der Waals surface area contributed by atoms with E-state index in [1.165, 1.54) is 5.56 Å². The predicted octanol–water partition coefficient (Wildman–Crippen LogP) is 2.87. The Labute approximate surface area is 142 Å². The van der Waals surface area contributed by atoms with Crippen LogP contribution < -0.4 is 10.1 Å². The van der Waals surface area contributed by atoms with Crippen molar-refractivity contribution in [3.63, 3.8) is 0 Å². The number of para-hydroxylation sites is 1. The zero-order valence-corrected chi connectivity index (χ0v) is 14.1. The van der Waals surface area contributed by atoms with Crippen molar-refractivity contribution in [3.05, 3.63) is 65.2 Å². The topological polar surface area (TPSA) is 54.3 Å². The fourth-order valence-electron chi connectivity index (χ4n) is 3.22.